The number of sulfone groups is 1. The third kappa shape index (κ3) is 4.74. The molecular weight excluding hydrogens is 629 g/mol. The quantitative estimate of drug-likeness (QED) is 0.207. The van der Waals surface area contributed by atoms with E-state index in [2.05, 4.69) is 19.2 Å². The average Bonchev–Trinajstić information content (AvgIpc) is 3.37. The highest BCUT2D eigenvalue weighted by atomic mass is 35.5. The number of nitrogens with zero attached hydrogens (tertiary/aromatic N) is 4. The normalized spacial score (nSPS) is 15.7. The maximum absolute atomic E-state index is 13.5. The Morgan fingerprint density at radius 1 is 0.867 bits per heavy atom. The van der Waals surface area contributed by atoms with Gasteiger partial charge in [-0.05, 0) is 78.6 Å². The van der Waals surface area contributed by atoms with E-state index < -0.39 is 15.9 Å². The van der Waals surface area contributed by atoms with Gasteiger partial charge in [0, 0.05) is 5.56 Å². The number of aryl methyl sites for hydroxylation is 1. The number of fused-ring (bicyclic) bond motifs is 4. The van der Waals surface area contributed by atoms with Crippen molar-refractivity contribution in [2.75, 3.05) is 10.2 Å². The molecule has 1 aromatic heterocycles. The fourth-order valence-electron chi connectivity index (χ4n) is 5.88. The van der Waals surface area contributed by atoms with Gasteiger partial charge in [0.2, 0.25) is 15.7 Å². The Hall–Kier alpha value is -4.44. The molecule has 226 valence electrons. The minimum absolute atomic E-state index is 0.158. The zero-order valence-corrected chi connectivity index (χ0v) is 26.8. The number of hydrogen-bond donors (Lipinski definition) is 1. The number of amidine groups is 1. The number of carbonyl (C=O) groups is 1. The Morgan fingerprint density at radius 2 is 1.53 bits per heavy atom. The van der Waals surface area contributed by atoms with Crippen LogP contribution in [0.3, 0.4) is 0 Å². The molecule has 0 fully saturated rings. The molecule has 2 aliphatic heterocycles. The molecule has 0 radical (unpaired) electrons. The van der Waals surface area contributed by atoms with Crippen molar-refractivity contribution in [3.8, 4) is 5.69 Å². The predicted molar refractivity (Wildman–Crippen MR) is 177 cm³/mol. The van der Waals surface area contributed by atoms with E-state index in [9.17, 15) is 13.2 Å². The first-order valence-corrected chi connectivity index (χ1v) is 16.6. The fraction of sp³-hybridized carbons (Fsp3) is 0.147. The van der Waals surface area contributed by atoms with Crippen LogP contribution in [-0.4, -0.2) is 29.9 Å². The minimum atomic E-state index is -3.74. The van der Waals surface area contributed by atoms with Crippen LogP contribution >= 0.6 is 23.2 Å². The number of nitrogens with one attached hydrogen (secondary N) is 1. The summed E-state index contributed by atoms with van der Waals surface area (Å²) in [6.07, 6.45) is 0. The second kappa shape index (κ2) is 10.9. The summed E-state index contributed by atoms with van der Waals surface area (Å²) < 4.78 is 28.5. The second-order valence-electron chi connectivity index (χ2n) is 11.3. The van der Waals surface area contributed by atoms with E-state index in [1.165, 1.54) is 0 Å². The van der Waals surface area contributed by atoms with Crippen LogP contribution in [0, 0.1) is 6.92 Å². The summed E-state index contributed by atoms with van der Waals surface area (Å²) in [5, 5.41) is 8.52. The van der Waals surface area contributed by atoms with Crippen LogP contribution in [0.4, 0.5) is 17.2 Å². The first-order valence-electron chi connectivity index (χ1n) is 14.3. The van der Waals surface area contributed by atoms with Gasteiger partial charge >= 0.3 is 0 Å². The molecule has 2 aliphatic rings. The number of aliphatic imine (C=N–C) groups is 1. The number of aromatic nitrogens is 2. The van der Waals surface area contributed by atoms with Gasteiger partial charge in [0.05, 0.1) is 48.6 Å². The molecule has 5 aromatic rings. The predicted octanol–water partition coefficient (Wildman–Crippen LogP) is 8.04. The summed E-state index contributed by atoms with van der Waals surface area (Å²) >= 11 is 13.3. The van der Waals surface area contributed by atoms with Gasteiger partial charge in [-0.3, -0.25) is 4.79 Å². The zero-order chi connectivity index (χ0) is 31.6. The molecule has 0 bridgehead atoms. The molecule has 0 spiro atoms. The van der Waals surface area contributed by atoms with Crippen molar-refractivity contribution in [2.45, 2.75) is 42.5 Å². The van der Waals surface area contributed by atoms with Gasteiger partial charge in [-0.1, -0.05) is 73.4 Å². The van der Waals surface area contributed by atoms with E-state index in [1.807, 2.05) is 60.4 Å². The van der Waals surface area contributed by atoms with Crippen LogP contribution < -0.4 is 10.2 Å². The number of anilines is 2. The van der Waals surface area contributed by atoms with E-state index in [1.54, 1.807) is 47.1 Å². The molecular formula is C34H27Cl2N5O3S. The number of benzene rings is 4. The third-order valence-electron chi connectivity index (χ3n) is 8.19. The standard InChI is InChI=1S/C34H27Cl2N5O3S/c1-19(2)21-11-15-23(16-12-21)45(43,44)24-17-13-22(14-18-24)41-32-29(20(3)39-41)31(25-7-6-8-26(35)30(25)36)40-28-10-5-4-9-27(28)37-34(42)33(40)38-32/h4-19,31H,1-3H3,(H,37,42)/t31-/m1/s1. The molecule has 0 aliphatic carbocycles. The molecule has 7 rings (SSSR count). The molecule has 0 unspecified atom stereocenters. The van der Waals surface area contributed by atoms with Crippen molar-refractivity contribution < 1.29 is 13.2 Å². The number of carbonyl (C=O) groups excluding carboxylic acids is 1. The Labute approximate surface area is 270 Å². The lowest BCUT2D eigenvalue weighted by Crippen LogP contribution is -2.48. The van der Waals surface area contributed by atoms with Crippen molar-refractivity contribution in [2.24, 2.45) is 4.99 Å². The molecule has 11 heteroatoms. The minimum Gasteiger partial charge on any atom is -0.317 e. The van der Waals surface area contributed by atoms with Crippen LogP contribution in [0.2, 0.25) is 10.0 Å². The highest BCUT2D eigenvalue weighted by Crippen LogP contribution is 2.49. The van der Waals surface area contributed by atoms with Gasteiger partial charge in [0.25, 0.3) is 5.91 Å². The average molecular weight is 657 g/mol. The Morgan fingerprint density at radius 3 is 2.22 bits per heavy atom. The van der Waals surface area contributed by atoms with Gasteiger partial charge < -0.3 is 10.2 Å². The van der Waals surface area contributed by atoms with Crippen LogP contribution in [0.25, 0.3) is 5.69 Å². The molecule has 0 saturated carbocycles. The number of hydrogen-bond acceptors (Lipinski definition) is 6. The molecule has 3 heterocycles. The van der Waals surface area contributed by atoms with Crippen LogP contribution in [0.5, 0.6) is 0 Å². The zero-order valence-electron chi connectivity index (χ0n) is 24.5. The molecule has 1 amide bonds. The van der Waals surface area contributed by atoms with Crippen LogP contribution in [-0.2, 0) is 14.6 Å². The van der Waals surface area contributed by atoms with E-state index in [0.29, 0.717) is 44.4 Å². The lowest BCUT2D eigenvalue weighted by molar-refractivity contribution is -0.110. The summed E-state index contributed by atoms with van der Waals surface area (Å²) in [5.74, 6) is 0.531. The van der Waals surface area contributed by atoms with Crippen LogP contribution in [0.15, 0.2) is 106 Å². The molecule has 0 saturated heterocycles. The summed E-state index contributed by atoms with van der Waals surface area (Å²) in [4.78, 5) is 20.6. The Bertz CT molecular complexity index is 2140. The van der Waals surface area contributed by atoms with Gasteiger partial charge in [-0.2, -0.15) is 5.10 Å². The molecule has 8 nitrogen and oxygen atoms in total. The summed E-state index contributed by atoms with van der Waals surface area (Å²) in [7, 11) is -3.74. The van der Waals surface area contributed by atoms with Crippen molar-refractivity contribution in [3.63, 3.8) is 0 Å². The molecule has 1 atom stereocenters. The summed E-state index contributed by atoms with van der Waals surface area (Å²) in [5.41, 5.74) is 5.15. The van der Waals surface area contributed by atoms with Gasteiger partial charge in [0.1, 0.15) is 0 Å². The maximum atomic E-state index is 13.5. The first kappa shape index (κ1) is 29.3. The van der Waals surface area contributed by atoms with Gasteiger partial charge in [0.15, 0.2) is 5.82 Å². The number of halogens is 2. The smallest absolute Gasteiger partial charge is 0.291 e. The van der Waals surface area contributed by atoms with E-state index in [0.717, 1.165) is 16.8 Å². The SMILES string of the molecule is Cc1nn(-c2ccc(S(=O)(=O)c3ccc(C(C)C)cc3)cc2)c2c1[C@@H](c1cccc(Cl)c1Cl)N1C(=N2)C(=O)Nc2ccccc21. The van der Waals surface area contributed by atoms with Crippen molar-refractivity contribution in [1.29, 1.82) is 0 Å². The molecule has 1 N–H and O–H groups in total. The molecule has 45 heavy (non-hydrogen) atoms. The third-order valence-corrected chi connectivity index (χ3v) is 10.8. The Balaban J connectivity index is 1.36. The van der Waals surface area contributed by atoms with Crippen molar-refractivity contribution in [3.05, 3.63) is 123 Å². The number of para-hydroxylation sites is 2. The fourth-order valence-corrected chi connectivity index (χ4v) is 7.55. The summed E-state index contributed by atoms with van der Waals surface area (Å²) in [6, 6.07) is 25.8. The molecule has 4 aromatic carbocycles. The van der Waals surface area contributed by atoms with Gasteiger partial charge in [-0.15, -0.1) is 0 Å². The monoisotopic (exact) mass is 655 g/mol. The largest absolute Gasteiger partial charge is 0.317 e. The highest BCUT2D eigenvalue weighted by Gasteiger charge is 2.43. The summed E-state index contributed by atoms with van der Waals surface area (Å²) in [6.45, 7) is 5.99. The van der Waals surface area contributed by atoms with E-state index >= 15 is 0 Å². The number of amides is 1. The first-order chi connectivity index (χ1) is 21.6. The van der Waals surface area contributed by atoms with Gasteiger partial charge in [-0.25, -0.2) is 18.1 Å². The van der Waals surface area contributed by atoms with E-state index in [4.69, 9.17) is 33.3 Å². The van der Waals surface area contributed by atoms with Crippen molar-refractivity contribution in [1.82, 2.24) is 9.78 Å². The topological polar surface area (TPSA) is 96.7 Å². The van der Waals surface area contributed by atoms with Crippen LogP contribution in [0.1, 0.15) is 48.2 Å². The Kier molecular flexibility index (Phi) is 7.07. The number of rotatable bonds is 5. The highest BCUT2D eigenvalue weighted by molar-refractivity contribution is 7.91. The van der Waals surface area contributed by atoms with E-state index in [-0.39, 0.29) is 21.5 Å². The lowest BCUT2D eigenvalue weighted by Gasteiger charge is -2.40. The lowest BCUT2D eigenvalue weighted by atomic mass is 9.93. The second-order valence-corrected chi connectivity index (χ2v) is 14.0. The van der Waals surface area contributed by atoms with Crippen molar-refractivity contribution >= 4 is 62.0 Å². The maximum Gasteiger partial charge on any atom is 0.291 e.